The van der Waals surface area contributed by atoms with E-state index in [1.165, 1.54) is 0 Å². The molecule has 86 valence electrons. The van der Waals surface area contributed by atoms with Gasteiger partial charge in [-0.05, 0) is 0 Å². The van der Waals surface area contributed by atoms with Crippen LogP contribution in [0, 0.1) is 0 Å². The molecule has 5 nitrogen and oxygen atoms in total. The van der Waals surface area contributed by atoms with Gasteiger partial charge in [0.25, 0.3) is 0 Å². The molecule has 0 radical (unpaired) electrons. The summed E-state index contributed by atoms with van der Waals surface area (Å²) in [4.78, 5) is 21.7. The quantitative estimate of drug-likeness (QED) is 0.538. The van der Waals surface area contributed by atoms with E-state index in [1.54, 1.807) is 0 Å². The Bertz CT molecular complexity index is 452. The van der Waals surface area contributed by atoms with E-state index < -0.39 is 48.0 Å². The molecule has 1 unspecified atom stereocenters. The highest BCUT2D eigenvalue weighted by Gasteiger charge is 2.18. The van der Waals surface area contributed by atoms with Crippen molar-refractivity contribution in [2.45, 2.75) is 19.0 Å². The summed E-state index contributed by atoms with van der Waals surface area (Å²) in [5.74, 6) is -2.59. The first-order valence-corrected chi connectivity index (χ1v) is 4.82. The normalized spacial score (nSPS) is 22.5. The largest absolute Gasteiger partial charge is 0.480 e. The van der Waals surface area contributed by atoms with Gasteiger partial charge in [0, 0.05) is 21.1 Å². The number of aliphatic carboxylic acids is 1. The maximum Gasteiger partial charge on any atom is 0.327 e. The number of carboxylic acid groups (broad SMARTS) is 1. The summed E-state index contributed by atoms with van der Waals surface area (Å²) < 4.78 is 43.4. The van der Waals surface area contributed by atoms with Crippen LogP contribution in [0.25, 0.3) is 0 Å². The van der Waals surface area contributed by atoms with Crippen LogP contribution in [0.3, 0.4) is 0 Å². The Kier molecular flexibility index (Phi) is 3.19. The smallest absolute Gasteiger partial charge is 0.327 e. The highest BCUT2D eigenvalue weighted by atomic mass is 32.2. The fourth-order valence-corrected chi connectivity index (χ4v) is 1.30. The summed E-state index contributed by atoms with van der Waals surface area (Å²) in [6.45, 7) is -0.152. The molecule has 0 aliphatic carbocycles. The molecule has 0 aromatic carbocycles. The second kappa shape index (κ2) is 7.30. The van der Waals surface area contributed by atoms with Crippen molar-refractivity contribution in [1.29, 1.82) is 0 Å². The third kappa shape index (κ3) is 6.98. The number of amides is 1. The molecule has 0 bridgehead atoms. The fraction of sp³-hybridized carbons (Fsp3) is 0.556. The van der Waals surface area contributed by atoms with Crippen molar-refractivity contribution in [3.8, 4) is 0 Å². The van der Waals surface area contributed by atoms with Crippen molar-refractivity contribution in [2.24, 2.45) is 0 Å². The monoisotopic (exact) mass is 239 g/mol. The Morgan fingerprint density at radius 1 is 1.93 bits per heavy atom. The van der Waals surface area contributed by atoms with Gasteiger partial charge >= 0.3 is 5.97 Å². The van der Waals surface area contributed by atoms with Gasteiger partial charge in [-0.3, -0.25) is 4.79 Å². The minimum absolute atomic E-state index is 0.189. The number of carboxylic acids is 1. The maximum atomic E-state index is 10.9. The standard InChI is InChI=1S/C9H15NO4S/c1-3-7(12)4-15-5-8(9(13)14)10-6(2)11/h3,7-8,12H,1,4-5H2,2H3,(H,10,11)(H,13,14)/t7?,8-/m1/s1/i1D2,3D,4D2,7D. The van der Waals surface area contributed by atoms with Gasteiger partial charge in [-0.1, -0.05) is 6.05 Å². The van der Waals surface area contributed by atoms with E-state index >= 15 is 0 Å². The Balaban J connectivity index is 5.08. The molecule has 3 N–H and O–H groups in total. The molecular weight excluding hydrogens is 218 g/mol. The predicted octanol–water partition coefficient (Wildman–Crippen LogP) is -0.144. The second-order valence-electron chi connectivity index (χ2n) is 2.48. The molecule has 15 heavy (non-hydrogen) atoms. The zero-order chi connectivity index (χ0) is 17.0. The summed E-state index contributed by atoms with van der Waals surface area (Å²) in [7, 11) is 0. The lowest BCUT2D eigenvalue weighted by molar-refractivity contribution is -0.140. The number of carbonyl (C=O) groups excluding carboxylic acids is 1. The van der Waals surface area contributed by atoms with Crippen LogP contribution in [0.2, 0.25) is 0 Å². The molecule has 0 fully saturated rings. The summed E-state index contributed by atoms with van der Waals surface area (Å²) >= 11 is 0.189. The van der Waals surface area contributed by atoms with E-state index in [0.717, 1.165) is 6.92 Å². The lowest BCUT2D eigenvalue weighted by Gasteiger charge is -2.13. The lowest BCUT2D eigenvalue weighted by atomic mass is 10.3. The van der Waals surface area contributed by atoms with Gasteiger partial charge in [0.15, 0.2) is 0 Å². The second-order valence-corrected chi connectivity index (χ2v) is 3.30. The number of rotatable bonds is 7. The molecule has 0 aromatic heterocycles. The Morgan fingerprint density at radius 2 is 2.60 bits per heavy atom. The van der Waals surface area contributed by atoms with Crippen LogP contribution in [-0.4, -0.2) is 45.7 Å². The lowest BCUT2D eigenvalue weighted by Crippen LogP contribution is -2.41. The van der Waals surface area contributed by atoms with E-state index in [0.29, 0.717) is 0 Å². The molecule has 0 rings (SSSR count). The molecule has 0 heterocycles. The Labute approximate surface area is 101 Å². The zero-order valence-corrected chi connectivity index (χ0v) is 8.72. The Hall–Kier alpha value is -1.01. The zero-order valence-electron chi connectivity index (χ0n) is 13.9. The molecule has 0 saturated heterocycles. The average molecular weight is 239 g/mol. The minimum atomic E-state index is -3.20. The minimum Gasteiger partial charge on any atom is -0.480 e. The number of nitrogens with one attached hydrogen (secondary N) is 1. The highest BCUT2D eigenvalue weighted by Crippen LogP contribution is 2.06. The van der Waals surface area contributed by atoms with Crippen molar-refractivity contribution in [2.75, 3.05) is 11.5 Å². The van der Waals surface area contributed by atoms with Crippen LogP contribution >= 0.6 is 11.8 Å². The predicted molar refractivity (Wildman–Crippen MR) is 58.8 cm³/mol. The first-order chi connectivity index (χ1) is 9.33. The van der Waals surface area contributed by atoms with Gasteiger partial charge in [-0.25, -0.2) is 4.79 Å². The van der Waals surface area contributed by atoms with Gasteiger partial charge in [-0.2, -0.15) is 11.8 Å². The van der Waals surface area contributed by atoms with Crippen LogP contribution < -0.4 is 5.32 Å². The number of hydrogen-bond acceptors (Lipinski definition) is 4. The third-order valence-electron chi connectivity index (χ3n) is 1.21. The topological polar surface area (TPSA) is 86.6 Å². The van der Waals surface area contributed by atoms with E-state index in [1.807, 2.05) is 0 Å². The van der Waals surface area contributed by atoms with Crippen LogP contribution in [0.15, 0.2) is 12.6 Å². The maximum absolute atomic E-state index is 10.9. The van der Waals surface area contributed by atoms with Gasteiger partial charge in [0.05, 0.1) is 11.6 Å². The average Bonchev–Trinajstić information content (AvgIpc) is 2.32. The van der Waals surface area contributed by atoms with Crippen molar-refractivity contribution in [3.05, 3.63) is 12.6 Å². The Morgan fingerprint density at radius 3 is 3.07 bits per heavy atom. The molecule has 0 spiro atoms. The van der Waals surface area contributed by atoms with Crippen molar-refractivity contribution in [3.63, 3.8) is 0 Å². The molecule has 0 aromatic rings. The van der Waals surface area contributed by atoms with Gasteiger partial charge in [-0.15, -0.1) is 6.53 Å². The van der Waals surface area contributed by atoms with Crippen LogP contribution in [0.1, 0.15) is 15.1 Å². The van der Waals surface area contributed by atoms with E-state index in [9.17, 15) is 14.7 Å². The third-order valence-corrected chi connectivity index (χ3v) is 2.05. The molecule has 0 aliphatic heterocycles. The first kappa shape index (κ1) is 6.55. The van der Waals surface area contributed by atoms with E-state index in [-0.39, 0.29) is 11.8 Å². The molecule has 6 heteroatoms. The highest BCUT2D eigenvalue weighted by molar-refractivity contribution is 7.99. The molecule has 1 amide bonds. The van der Waals surface area contributed by atoms with Crippen molar-refractivity contribution in [1.82, 2.24) is 5.32 Å². The van der Waals surface area contributed by atoms with E-state index in [2.05, 4.69) is 5.32 Å². The number of hydrogen-bond donors (Lipinski definition) is 3. The number of aliphatic hydroxyl groups is 1. The van der Waals surface area contributed by atoms with Crippen LogP contribution in [0.5, 0.6) is 0 Å². The number of carbonyl (C=O) groups is 2. The molecular formula is C9H15NO4S. The van der Waals surface area contributed by atoms with E-state index in [4.69, 9.17) is 13.3 Å². The van der Waals surface area contributed by atoms with Crippen LogP contribution in [0.4, 0.5) is 0 Å². The van der Waals surface area contributed by atoms with Crippen molar-refractivity contribution >= 4 is 23.6 Å². The van der Waals surface area contributed by atoms with Gasteiger partial charge in [0.1, 0.15) is 6.04 Å². The first-order valence-electron chi connectivity index (χ1n) is 6.83. The SMILES string of the molecule is [2H]C([2H])=C([2H])C([2H])(O)C([2H])([2H])SC[C@@H](NC(C)=O)C(=O)O. The summed E-state index contributed by atoms with van der Waals surface area (Å²) in [5.41, 5.74) is -2.86. The van der Waals surface area contributed by atoms with Crippen molar-refractivity contribution < 1.29 is 28.0 Å². The van der Waals surface area contributed by atoms with Crippen LogP contribution in [-0.2, 0) is 9.59 Å². The summed E-state index contributed by atoms with van der Waals surface area (Å²) in [6.07, 6.45) is -3.20. The molecule has 2 atom stereocenters. The molecule has 0 aliphatic rings. The van der Waals surface area contributed by atoms with Gasteiger partial charge in [0.2, 0.25) is 5.91 Å². The fourth-order valence-electron chi connectivity index (χ4n) is 0.639. The summed E-state index contributed by atoms with van der Waals surface area (Å²) in [6, 6.07) is -2.70. The number of thioether (sulfide) groups is 1. The van der Waals surface area contributed by atoms with Gasteiger partial charge < -0.3 is 15.5 Å². The molecule has 0 saturated carbocycles. The summed E-state index contributed by atoms with van der Waals surface area (Å²) in [5, 5.41) is 20.6.